The second-order valence-electron chi connectivity index (χ2n) is 6.91. The Morgan fingerprint density at radius 1 is 1.15 bits per heavy atom. The maximum absolute atomic E-state index is 13.7. The summed E-state index contributed by atoms with van der Waals surface area (Å²) in [6, 6.07) is 10.4. The van der Waals surface area contributed by atoms with E-state index in [1.807, 2.05) is 18.2 Å². The summed E-state index contributed by atoms with van der Waals surface area (Å²) in [7, 11) is -3.38. The zero-order chi connectivity index (χ0) is 19.6. The lowest BCUT2D eigenvalue weighted by Gasteiger charge is -2.32. The summed E-state index contributed by atoms with van der Waals surface area (Å²) in [6.07, 6.45) is 1.02. The van der Waals surface area contributed by atoms with E-state index in [4.69, 9.17) is 0 Å². The number of anilines is 1. The highest BCUT2D eigenvalue weighted by atomic mass is 32.2. The molecule has 6 heteroatoms. The molecule has 27 heavy (non-hydrogen) atoms. The molecule has 1 aliphatic heterocycles. The van der Waals surface area contributed by atoms with Gasteiger partial charge in [-0.2, -0.15) is 0 Å². The topological polar surface area (TPSA) is 37.4 Å². The van der Waals surface area contributed by atoms with Crippen LogP contribution in [0.5, 0.6) is 0 Å². The van der Waals surface area contributed by atoms with Gasteiger partial charge >= 0.3 is 0 Å². The molecular weight excluding hydrogens is 381 g/mol. The molecule has 0 spiro atoms. The van der Waals surface area contributed by atoms with Crippen LogP contribution in [0.3, 0.4) is 0 Å². The van der Waals surface area contributed by atoms with Crippen LogP contribution in [0.1, 0.15) is 35.6 Å². The Balaban J connectivity index is 1.79. The summed E-state index contributed by atoms with van der Waals surface area (Å²) in [5.41, 5.74) is 4.02. The van der Waals surface area contributed by atoms with Crippen LogP contribution in [0.2, 0.25) is 0 Å². The van der Waals surface area contributed by atoms with Crippen molar-refractivity contribution in [3.8, 4) is 0 Å². The van der Waals surface area contributed by atoms with E-state index in [9.17, 15) is 12.8 Å². The third-order valence-corrected chi connectivity index (χ3v) is 7.14. The zero-order valence-corrected chi connectivity index (χ0v) is 17.3. The summed E-state index contributed by atoms with van der Waals surface area (Å²) < 4.78 is 38.9. The van der Waals surface area contributed by atoms with Gasteiger partial charge in [0.25, 0.3) is 0 Å². The minimum Gasteiger partial charge on any atom is -0.336 e. The van der Waals surface area contributed by atoms with Crippen LogP contribution in [0.25, 0.3) is 0 Å². The van der Waals surface area contributed by atoms with Gasteiger partial charge in [0.2, 0.25) is 0 Å². The summed E-state index contributed by atoms with van der Waals surface area (Å²) in [4.78, 5) is 2.19. The maximum Gasteiger partial charge on any atom is 0.158 e. The Morgan fingerprint density at radius 2 is 1.81 bits per heavy atom. The number of benzene rings is 2. The molecule has 0 amide bonds. The standard InChI is InChI=1S/C21H24FNO2S2/c1-4-9-23-16(3)26-12-19-10-17(7-8-21(19)23)13-27(24,25)14-18-6-5-15(2)20(22)11-18/h5-8,10-11H,3-4,9,12-14H2,1-2H3. The molecule has 0 aliphatic carbocycles. The predicted molar refractivity (Wildman–Crippen MR) is 112 cm³/mol. The molecule has 2 aromatic carbocycles. The van der Waals surface area contributed by atoms with Crippen LogP contribution in [0.15, 0.2) is 48.0 Å². The number of hydrogen-bond donors (Lipinski definition) is 0. The van der Waals surface area contributed by atoms with Crippen molar-refractivity contribution in [1.82, 2.24) is 0 Å². The molecule has 2 aromatic rings. The second kappa shape index (κ2) is 8.07. The molecule has 0 fully saturated rings. The van der Waals surface area contributed by atoms with Crippen molar-refractivity contribution < 1.29 is 12.8 Å². The third kappa shape index (κ3) is 4.74. The number of nitrogens with zero attached hydrogens (tertiary/aromatic N) is 1. The summed E-state index contributed by atoms with van der Waals surface area (Å²) in [6.45, 7) is 8.80. The molecule has 0 N–H and O–H groups in total. The van der Waals surface area contributed by atoms with Gasteiger partial charge < -0.3 is 4.90 Å². The molecule has 0 saturated heterocycles. The van der Waals surface area contributed by atoms with Crippen molar-refractivity contribution >= 4 is 27.3 Å². The van der Waals surface area contributed by atoms with E-state index in [2.05, 4.69) is 18.4 Å². The second-order valence-corrected chi connectivity index (χ2v) is 10.0. The Kier molecular flexibility index (Phi) is 5.96. The lowest BCUT2D eigenvalue weighted by molar-refractivity contribution is 0.593. The Morgan fingerprint density at radius 3 is 2.48 bits per heavy atom. The van der Waals surface area contributed by atoms with Crippen LogP contribution in [0.4, 0.5) is 10.1 Å². The molecule has 1 heterocycles. The van der Waals surface area contributed by atoms with Gasteiger partial charge in [-0.25, -0.2) is 12.8 Å². The van der Waals surface area contributed by atoms with E-state index in [0.717, 1.165) is 40.6 Å². The fourth-order valence-electron chi connectivity index (χ4n) is 3.23. The Hall–Kier alpha value is -1.79. The van der Waals surface area contributed by atoms with E-state index < -0.39 is 9.84 Å². The minimum atomic E-state index is -3.38. The number of halogens is 1. The maximum atomic E-state index is 13.7. The molecule has 144 valence electrons. The number of rotatable bonds is 6. The molecular formula is C21H24FNO2S2. The lowest BCUT2D eigenvalue weighted by Crippen LogP contribution is -2.25. The monoisotopic (exact) mass is 405 g/mol. The molecule has 0 aromatic heterocycles. The fourth-order valence-corrected chi connectivity index (χ4v) is 5.61. The predicted octanol–water partition coefficient (Wildman–Crippen LogP) is 5.18. The quantitative estimate of drug-likeness (QED) is 0.663. The molecule has 3 rings (SSSR count). The molecule has 0 atom stereocenters. The minimum absolute atomic E-state index is 0.0465. The SMILES string of the molecule is C=C1SCc2cc(CS(=O)(=O)Cc3ccc(C)c(F)c3)ccc2N1CCC. The highest BCUT2D eigenvalue weighted by molar-refractivity contribution is 8.02. The van der Waals surface area contributed by atoms with Gasteiger partial charge in [0.15, 0.2) is 9.84 Å². The van der Waals surface area contributed by atoms with E-state index in [1.54, 1.807) is 30.8 Å². The Bertz CT molecular complexity index is 970. The van der Waals surface area contributed by atoms with E-state index in [0.29, 0.717) is 11.1 Å². The number of sulfone groups is 1. The number of aryl methyl sites for hydroxylation is 1. The highest BCUT2D eigenvalue weighted by Gasteiger charge is 2.21. The van der Waals surface area contributed by atoms with Crippen LogP contribution in [-0.4, -0.2) is 15.0 Å². The van der Waals surface area contributed by atoms with Crippen LogP contribution < -0.4 is 4.90 Å². The average molecular weight is 406 g/mol. The molecule has 0 bridgehead atoms. The van der Waals surface area contributed by atoms with Gasteiger partial charge in [0.05, 0.1) is 16.5 Å². The smallest absolute Gasteiger partial charge is 0.158 e. The fraction of sp³-hybridized carbons (Fsp3) is 0.333. The van der Waals surface area contributed by atoms with E-state index >= 15 is 0 Å². The van der Waals surface area contributed by atoms with Gasteiger partial charge in [-0.15, -0.1) is 11.8 Å². The van der Waals surface area contributed by atoms with Gasteiger partial charge in [-0.3, -0.25) is 0 Å². The normalized spacial score (nSPS) is 14.3. The van der Waals surface area contributed by atoms with Gasteiger partial charge in [-0.1, -0.05) is 37.8 Å². The number of thioether (sulfide) groups is 1. The highest BCUT2D eigenvalue weighted by Crippen LogP contribution is 2.38. The molecule has 0 radical (unpaired) electrons. The van der Waals surface area contributed by atoms with E-state index in [1.165, 1.54) is 6.07 Å². The van der Waals surface area contributed by atoms with Gasteiger partial charge in [0, 0.05) is 18.0 Å². The Labute approximate surface area is 165 Å². The molecule has 1 aliphatic rings. The molecule has 0 unspecified atom stereocenters. The summed E-state index contributed by atoms with van der Waals surface area (Å²) in [5, 5.41) is 1.03. The molecule has 3 nitrogen and oxygen atoms in total. The van der Waals surface area contributed by atoms with Crippen molar-refractivity contribution in [3.05, 3.63) is 76.1 Å². The van der Waals surface area contributed by atoms with E-state index in [-0.39, 0.29) is 17.3 Å². The molecule has 0 saturated carbocycles. The summed E-state index contributed by atoms with van der Waals surface area (Å²) >= 11 is 1.68. The zero-order valence-electron chi connectivity index (χ0n) is 15.7. The van der Waals surface area contributed by atoms with Crippen molar-refractivity contribution in [2.45, 2.75) is 37.5 Å². The van der Waals surface area contributed by atoms with Crippen LogP contribution in [0, 0.1) is 12.7 Å². The average Bonchev–Trinajstić information content (AvgIpc) is 2.60. The van der Waals surface area contributed by atoms with Crippen LogP contribution >= 0.6 is 11.8 Å². The first-order valence-corrected chi connectivity index (χ1v) is 11.8. The summed E-state index contributed by atoms with van der Waals surface area (Å²) in [5.74, 6) is 0.222. The van der Waals surface area contributed by atoms with Crippen molar-refractivity contribution in [1.29, 1.82) is 0 Å². The first-order valence-electron chi connectivity index (χ1n) is 8.95. The van der Waals surface area contributed by atoms with Crippen molar-refractivity contribution in [2.24, 2.45) is 0 Å². The first kappa shape index (κ1) is 20.0. The van der Waals surface area contributed by atoms with Gasteiger partial charge in [-0.05, 0) is 47.7 Å². The lowest BCUT2D eigenvalue weighted by atomic mass is 10.1. The van der Waals surface area contributed by atoms with Crippen molar-refractivity contribution in [3.63, 3.8) is 0 Å². The third-order valence-electron chi connectivity index (χ3n) is 4.59. The van der Waals surface area contributed by atoms with Crippen LogP contribution in [-0.2, 0) is 27.1 Å². The first-order chi connectivity index (χ1) is 12.8. The van der Waals surface area contributed by atoms with Crippen molar-refractivity contribution in [2.75, 3.05) is 11.4 Å². The largest absolute Gasteiger partial charge is 0.336 e. The van der Waals surface area contributed by atoms with Gasteiger partial charge in [0.1, 0.15) is 5.82 Å². The number of fused-ring (bicyclic) bond motifs is 1. The number of hydrogen-bond acceptors (Lipinski definition) is 4.